The molecule has 120 valence electrons. The number of carbonyl (C=O) groups excluding carboxylic acids is 3. The molecule has 0 fully saturated rings. The van der Waals surface area contributed by atoms with E-state index in [1.165, 1.54) is 31.2 Å². The van der Waals surface area contributed by atoms with Crippen LogP contribution in [-0.2, 0) is 14.4 Å². The molecule has 0 atom stereocenters. The average molecular weight is 317 g/mol. The number of carbonyl (C=O) groups is 3. The van der Waals surface area contributed by atoms with E-state index in [0.717, 1.165) is 0 Å². The van der Waals surface area contributed by atoms with E-state index in [4.69, 9.17) is 0 Å². The van der Waals surface area contributed by atoms with Crippen LogP contribution in [0.1, 0.15) is 13.3 Å². The molecule has 0 bridgehead atoms. The highest BCUT2D eigenvalue weighted by molar-refractivity contribution is 5.95. The maximum absolute atomic E-state index is 12.1. The first-order chi connectivity index (χ1) is 10.2. The van der Waals surface area contributed by atoms with Gasteiger partial charge in [0.25, 0.3) is 0 Å². The van der Waals surface area contributed by atoms with E-state index in [-0.39, 0.29) is 30.5 Å². The molecule has 1 aromatic carbocycles. The first-order valence-electron chi connectivity index (χ1n) is 6.21. The maximum Gasteiger partial charge on any atom is 0.471 e. The van der Waals surface area contributed by atoms with Crippen molar-refractivity contribution < 1.29 is 27.6 Å². The summed E-state index contributed by atoms with van der Waals surface area (Å²) in [7, 11) is 0. The van der Waals surface area contributed by atoms with Crippen LogP contribution in [0, 0.1) is 0 Å². The number of hydrogen-bond acceptors (Lipinski definition) is 3. The molecule has 3 N–H and O–H groups in total. The van der Waals surface area contributed by atoms with Crippen molar-refractivity contribution in [3.63, 3.8) is 0 Å². The summed E-state index contributed by atoms with van der Waals surface area (Å²) >= 11 is 0. The molecule has 0 spiro atoms. The third kappa shape index (κ3) is 6.25. The highest BCUT2D eigenvalue weighted by atomic mass is 19.4. The van der Waals surface area contributed by atoms with Gasteiger partial charge in [-0.15, -0.1) is 0 Å². The predicted octanol–water partition coefficient (Wildman–Crippen LogP) is 1.65. The number of benzene rings is 1. The van der Waals surface area contributed by atoms with E-state index in [2.05, 4.69) is 10.6 Å². The van der Waals surface area contributed by atoms with E-state index in [1.807, 2.05) is 0 Å². The van der Waals surface area contributed by atoms with Crippen LogP contribution >= 0.6 is 0 Å². The van der Waals surface area contributed by atoms with Gasteiger partial charge in [-0.05, 0) is 24.3 Å². The minimum atomic E-state index is -4.96. The van der Waals surface area contributed by atoms with Gasteiger partial charge in [0.2, 0.25) is 11.8 Å². The molecule has 1 aromatic rings. The number of amides is 3. The summed E-state index contributed by atoms with van der Waals surface area (Å²) in [5, 5.41) is 6.64. The van der Waals surface area contributed by atoms with Crippen LogP contribution < -0.4 is 16.0 Å². The minimum Gasteiger partial charge on any atom is -0.356 e. The van der Waals surface area contributed by atoms with Gasteiger partial charge >= 0.3 is 12.1 Å². The van der Waals surface area contributed by atoms with Gasteiger partial charge in [-0.3, -0.25) is 14.4 Å². The summed E-state index contributed by atoms with van der Waals surface area (Å²) in [6.07, 6.45) is -4.90. The molecule has 3 amide bonds. The largest absolute Gasteiger partial charge is 0.471 e. The zero-order valence-electron chi connectivity index (χ0n) is 11.6. The molecule has 0 saturated carbocycles. The average Bonchev–Trinajstić information content (AvgIpc) is 2.39. The van der Waals surface area contributed by atoms with Crippen LogP contribution in [0.4, 0.5) is 24.5 Å². The molecule has 9 heteroatoms. The summed E-state index contributed by atoms with van der Waals surface area (Å²) in [5.74, 6) is -2.68. The van der Waals surface area contributed by atoms with Gasteiger partial charge in [0, 0.05) is 31.3 Å². The lowest BCUT2D eigenvalue weighted by molar-refractivity contribution is -0.167. The normalized spacial score (nSPS) is 10.7. The van der Waals surface area contributed by atoms with Gasteiger partial charge in [-0.2, -0.15) is 13.2 Å². The second-order valence-corrected chi connectivity index (χ2v) is 4.31. The standard InChI is InChI=1S/C13H14F3N3O3/c1-8(20)17-7-6-11(21)18-9-2-4-10(5-3-9)19-12(22)13(14,15)16/h2-5H,6-7H2,1H3,(H,17,20)(H,18,21)(H,19,22). The predicted molar refractivity (Wildman–Crippen MR) is 73.1 cm³/mol. The van der Waals surface area contributed by atoms with Crippen LogP contribution in [0.25, 0.3) is 0 Å². The fraction of sp³-hybridized carbons (Fsp3) is 0.308. The molecule has 1 rings (SSSR count). The van der Waals surface area contributed by atoms with Crippen molar-refractivity contribution in [3.05, 3.63) is 24.3 Å². The number of anilines is 2. The number of alkyl halides is 3. The summed E-state index contributed by atoms with van der Waals surface area (Å²) in [4.78, 5) is 32.9. The smallest absolute Gasteiger partial charge is 0.356 e. The van der Waals surface area contributed by atoms with Crippen molar-refractivity contribution in [2.75, 3.05) is 17.2 Å². The fourth-order valence-corrected chi connectivity index (χ4v) is 1.41. The minimum absolute atomic E-state index is 0.0430. The van der Waals surface area contributed by atoms with Crippen LogP contribution in [-0.4, -0.2) is 30.4 Å². The Morgan fingerprint density at radius 2 is 1.50 bits per heavy atom. The van der Waals surface area contributed by atoms with Crippen molar-refractivity contribution >= 4 is 29.1 Å². The molecule has 22 heavy (non-hydrogen) atoms. The monoisotopic (exact) mass is 317 g/mol. The molecule has 0 saturated heterocycles. The molecule has 0 aliphatic carbocycles. The van der Waals surface area contributed by atoms with E-state index in [9.17, 15) is 27.6 Å². The maximum atomic E-state index is 12.1. The Kier molecular flexibility index (Phi) is 5.90. The lowest BCUT2D eigenvalue weighted by Gasteiger charge is -2.09. The van der Waals surface area contributed by atoms with E-state index in [1.54, 1.807) is 5.32 Å². The van der Waals surface area contributed by atoms with Crippen LogP contribution in [0.5, 0.6) is 0 Å². The Morgan fingerprint density at radius 3 is 1.95 bits per heavy atom. The molecular weight excluding hydrogens is 303 g/mol. The number of hydrogen-bond donors (Lipinski definition) is 3. The Balaban J connectivity index is 2.49. The second kappa shape index (κ2) is 7.43. The first kappa shape index (κ1) is 17.5. The fourth-order valence-electron chi connectivity index (χ4n) is 1.41. The van der Waals surface area contributed by atoms with Crippen molar-refractivity contribution in [1.82, 2.24) is 5.32 Å². The summed E-state index contributed by atoms with van der Waals surface area (Å²) in [6, 6.07) is 5.16. The zero-order valence-corrected chi connectivity index (χ0v) is 11.6. The Labute approximate surface area is 124 Å². The Bertz CT molecular complexity index is 556. The molecule has 6 nitrogen and oxygen atoms in total. The highest BCUT2D eigenvalue weighted by Gasteiger charge is 2.38. The second-order valence-electron chi connectivity index (χ2n) is 4.31. The van der Waals surface area contributed by atoms with Gasteiger partial charge in [-0.25, -0.2) is 0 Å². The SMILES string of the molecule is CC(=O)NCCC(=O)Nc1ccc(NC(=O)C(F)(F)F)cc1. The number of halogens is 3. The summed E-state index contributed by atoms with van der Waals surface area (Å²) in [5.41, 5.74) is 0.316. The van der Waals surface area contributed by atoms with Crippen LogP contribution in [0.2, 0.25) is 0 Å². The van der Waals surface area contributed by atoms with Crippen molar-refractivity contribution in [3.8, 4) is 0 Å². The van der Waals surface area contributed by atoms with Crippen LogP contribution in [0.3, 0.4) is 0 Å². The summed E-state index contributed by atoms with van der Waals surface area (Å²) in [6.45, 7) is 1.51. The molecule has 0 aliphatic heterocycles. The van der Waals surface area contributed by atoms with Gasteiger partial charge < -0.3 is 16.0 Å². The van der Waals surface area contributed by atoms with Crippen molar-refractivity contribution in [1.29, 1.82) is 0 Å². The Hall–Kier alpha value is -2.58. The zero-order chi connectivity index (χ0) is 16.8. The summed E-state index contributed by atoms with van der Waals surface area (Å²) < 4.78 is 36.2. The first-order valence-corrected chi connectivity index (χ1v) is 6.21. The molecular formula is C13H14F3N3O3. The highest BCUT2D eigenvalue weighted by Crippen LogP contribution is 2.19. The van der Waals surface area contributed by atoms with E-state index >= 15 is 0 Å². The molecule has 0 aromatic heterocycles. The lowest BCUT2D eigenvalue weighted by atomic mass is 10.2. The lowest BCUT2D eigenvalue weighted by Crippen LogP contribution is -2.29. The van der Waals surface area contributed by atoms with E-state index in [0.29, 0.717) is 5.69 Å². The van der Waals surface area contributed by atoms with Crippen LogP contribution in [0.15, 0.2) is 24.3 Å². The van der Waals surface area contributed by atoms with Gasteiger partial charge in [0.15, 0.2) is 0 Å². The topological polar surface area (TPSA) is 87.3 Å². The number of nitrogens with one attached hydrogen (secondary N) is 3. The van der Waals surface area contributed by atoms with E-state index < -0.39 is 12.1 Å². The Morgan fingerprint density at radius 1 is 1.00 bits per heavy atom. The third-order valence-corrected chi connectivity index (χ3v) is 2.41. The number of rotatable bonds is 5. The molecule has 0 heterocycles. The van der Waals surface area contributed by atoms with Gasteiger partial charge in [0.05, 0.1) is 0 Å². The van der Waals surface area contributed by atoms with Gasteiger partial charge in [0.1, 0.15) is 0 Å². The molecule has 0 unspecified atom stereocenters. The quantitative estimate of drug-likeness (QED) is 0.772. The van der Waals surface area contributed by atoms with Gasteiger partial charge in [-0.1, -0.05) is 0 Å². The van der Waals surface area contributed by atoms with Crippen molar-refractivity contribution in [2.45, 2.75) is 19.5 Å². The van der Waals surface area contributed by atoms with Crippen molar-refractivity contribution in [2.24, 2.45) is 0 Å². The molecule has 0 aliphatic rings. The molecule has 0 radical (unpaired) electrons. The third-order valence-electron chi connectivity index (χ3n) is 2.41.